The van der Waals surface area contributed by atoms with Crippen molar-refractivity contribution in [3.63, 3.8) is 0 Å². The van der Waals surface area contributed by atoms with Crippen LogP contribution in [0.4, 0.5) is 0 Å². The molecule has 0 aliphatic carbocycles. The maximum atomic E-state index is 12.9. The van der Waals surface area contributed by atoms with E-state index >= 15 is 0 Å². The number of nitrogens with zero attached hydrogens (tertiary/aromatic N) is 2. The zero-order valence-corrected chi connectivity index (χ0v) is 20.7. The second-order valence-electron chi connectivity index (χ2n) is 7.61. The number of aromatic nitrogens is 2. The molecule has 11 nitrogen and oxygen atoms in total. The van der Waals surface area contributed by atoms with Crippen molar-refractivity contribution in [1.29, 1.82) is 0 Å². The highest BCUT2D eigenvalue weighted by Gasteiger charge is 2.42. The van der Waals surface area contributed by atoms with Crippen LogP contribution in [-0.2, 0) is 34.4 Å². The van der Waals surface area contributed by atoms with E-state index in [4.69, 9.17) is 13.8 Å². The van der Waals surface area contributed by atoms with Gasteiger partial charge in [0.1, 0.15) is 0 Å². The molecule has 0 amide bonds. The number of ether oxygens (including phenoxy) is 2. The number of esters is 1. The van der Waals surface area contributed by atoms with Crippen molar-refractivity contribution in [2.75, 3.05) is 27.9 Å². The molecular weight excluding hydrogens is 467 g/mol. The summed E-state index contributed by atoms with van der Waals surface area (Å²) in [5, 5.41) is 0. The van der Waals surface area contributed by atoms with Crippen LogP contribution in [0.5, 0.6) is 0 Å². The molecule has 34 heavy (non-hydrogen) atoms. The largest absolute Gasteiger partial charge is 0.467 e. The maximum absolute atomic E-state index is 12.9. The topological polar surface area (TPSA) is 132 Å². The molecular formula is C22H29N2O9P. The van der Waals surface area contributed by atoms with Crippen molar-refractivity contribution in [3.05, 3.63) is 68.5 Å². The normalized spacial score (nSPS) is 13.3. The fraction of sp³-hybridized carbons (Fsp3) is 0.455. The molecule has 2 aromatic rings. The Balaban J connectivity index is 2.17. The highest BCUT2D eigenvalue weighted by Crippen LogP contribution is 2.52. The van der Waals surface area contributed by atoms with Crippen molar-refractivity contribution in [2.24, 2.45) is 5.92 Å². The Morgan fingerprint density at radius 1 is 1.06 bits per heavy atom. The summed E-state index contributed by atoms with van der Waals surface area (Å²) in [6.45, 7) is 3.46. The van der Waals surface area contributed by atoms with E-state index in [1.165, 1.54) is 29.8 Å². The van der Waals surface area contributed by atoms with Gasteiger partial charge in [0, 0.05) is 38.1 Å². The van der Waals surface area contributed by atoms with Crippen LogP contribution >= 0.6 is 7.60 Å². The molecule has 1 unspecified atom stereocenters. The SMILES string of the molecule is COC(=O)C(OC[C@H](C)CCn1cc(C)c(=O)n(C(=O)c2ccccc2)c1=O)P(=O)(OC)OC. The molecule has 0 fully saturated rings. The minimum Gasteiger partial charge on any atom is -0.467 e. The van der Waals surface area contributed by atoms with Crippen LogP contribution in [0.25, 0.3) is 0 Å². The fourth-order valence-corrected chi connectivity index (χ4v) is 4.30. The first-order chi connectivity index (χ1) is 16.1. The molecule has 0 bridgehead atoms. The number of benzene rings is 1. The lowest BCUT2D eigenvalue weighted by molar-refractivity contribution is -0.150. The summed E-state index contributed by atoms with van der Waals surface area (Å²) in [6, 6.07) is 8.05. The van der Waals surface area contributed by atoms with E-state index in [1.807, 2.05) is 0 Å². The Labute approximate surface area is 196 Å². The molecule has 186 valence electrons. The monoisotopic (exact) mass is 496 g/mol. The first-order valence-corrected chi connectivity index (χ1v) is 12.0. The van der Waals surface area contributed by atoms with E-state index in [0.717, 1.165) is 21.3 Å². The van der Waals surface area contributed by atoms with Gasteiger partial charge in [-0.15, -0.1) is 0 Å². The first-order valence-electron chi connectivity index (χ1n) is 10.4. The quantitative estimate of drug-likeness (QED) is 0.339. The van der Waals surface area contributed by atoms with Gasteiger partial charge in [-0.3, -0.25) is 18.7 Å². The molecule has 0 radical (unpaired) electrons. The summed E-state index contributed by atoms with van der Waals surface area (Å²) in [7, 11) is -0.504. The molecule has 2 rings (SSSR count). The zero-order valence-electron chi connectivity index (χ0n) is 19.8. The van der Waals surface area contributed by atoms with Crippen molar-refractivity contribution in [1.82, 2.24) is 9.13 Å². The van der Waals surface area contributed by atoms with Crippen LogP contribution in [0, 0.1) is 12.8 Å². The standard InChI is InChI=1S/C22H29N2O9P/c1-15(14-33-21(20(27)30-3)34(29,31-4)32-5)11-12-23-13-16(2)18(25)24(22(23)28)19(26)17-9-7-6-8-10-17/h6-10,13,15,21H,11-12,14H2,1-5H3/t15-,21?/m1/s1. The Morgan fingerprint density at radius 2 is 1.68 bits per heavy atom. The molecule has 0 aliphatic heterocycles. The molecule has 0 N–H and O–H groups in total. The van der Waals surface area contributed by atoms with E-state index in [0.29, 0.717) is 11.0 Å². The lowest BCUT2D eigenvalue weighted by atomic mass is 10.1. The number of hydrogen-bond acceptors (Lipinski definition) is 9. The highest BCUT2D eigenvalue weighted by atomic mass is 31.2. The van der Waals surface area contributed by atoms with Crippen molar-refractivity contribution < 1.29 is 32.7 Å². The molecule has 1 aromatic carbocycles. The predicted octanol–water partition coefficient (Wildman–Crippen LogP) is 2.03. The number of carbonyl (C=O) groups is 2. The second kappa shape index (κ2) is 12.0. The summed E-state index contributed by atoms with van der Waals surface area (Å²) < 4.78 is 34.3. The van der Waals surface area contributed by atoms with Gasteiger partial charge in [-0.1, -0.05) is 25.1 Å². The summed E-state index contributed by atoms with van der Waals surface area (Å²) in [5.41, 5.74) is -0.981. The molecule has 2 atom stereocenters. The summed E-state index contributed by atoms with van der Waals surface area (Å²) in [4.78, 5) is 50.2. The van der Waals surface area contributed by atoms with Gasteiger partial charge in [0.25, 0.3) is 17.3 Å². The van der Waals surface area contributed by atoms with Crippen molar-refractivity contribution in [2.45, 2.75) is 32.7 Å². The van der Waals surface area contributed by atoms with E-state index in [1.54, 1.807) is 25.1 Å². The average Bonchev–Trinajstić information content (AvgIpc) is 2.85. The minimum atomic E-state index is -3.89. The zero-order chi connectivity index (χ0) is 25.5. The molecule has 0 spiro atoms. The fourth-order valence-electron chi connectivity index (χ4n) is 3.14. The molecule has 1 aromatic heterocycles. The van der Waals surface area contributed by atoms with Crippen LogP contribution in [0.3, 0.4) is 0 Å². The lowest BCUT2D eigenvalue weighted by Crippen LogP contribution is -2.44. The number of hydrogen-bond donors (Lipinski definition) is 0. The Hall–Kier alpha value is -2.85. The van der Waals surface area contributed by atoms with Gasteiger partial charge < -0.3 is 18.5 Å². The second-order valence-corrected chi connectivity index (χ2v) is 9.89. The van der Waals surface area contributed by atoms with Gasteiger partial charge in [0.2, 0.25) is 0 Å². The van der Waals surface area contributed by atoms with Crippen molar-refractivity contribution in [3.8, 4) is 0 Å². The maximum Gasteiger partial charge on any atom is 0.370 e. The van der Waals surface area contributed by atoms with Crippen molar-refractivity contribution >= 4 is 19.5 Å². The van der Waals surface area contributed by atoms with E-state index in [2.05, 4.69) is 4.74 Å². The third-order valence-corrected chi connectivity index (χ3v) is 7.10. The first kappa shape index (κ1) is 27.4. The lowest BCUT2D eigenvalue weighted by Gasteiger charge is -2.24. The molecule has 0 saturated heterocycles. The van der Waals surface area contributed by atoms with Gasteiger partial charge in [0.05, 0.1) is 13.7 Å². The molecule has 12 heteroatoms. The van der Waals surface area contributed by atoms with Crippen LogP contribution in [0.1, 0.15) is 29.3 Å². The minimum absolute atomic E-state index is 0.0210. The van der Waals surface area contributed by atoms with Gasteiger partial charge in [0.15, 0.2) is 0 Å². The van der Waals surface area contributed by atoms with E-state index < -0.39 is 36.6 Å². The van der Waals surface area contributed by atoms with Gasteiger partial charge in [-0.25, -0.2) is 9.59 Å². The Kier molecular flexibility index (Phi) is 9.69. The van der Waals surface area contributed by atoms with E-state index in [9.17, 15) is 23.7 Å². The third-order valence-electron chi connectivity index (χ3n) is 5.15. The highest BCUT2D eigenvalue weighted by molar-refractivity contribution is 7.55. The molecule has 1 heterocycles. The number of methoxy groups -OCH3 is 1. The van der Waals surface area contributed by atoms with E-state index in [-0.39, 0.29) is 30.2 Å². The van der Waals surface area contributed by atoms with Crippen LogP contribution < -0.4 is 11.2 Å². The van der Waals surface area contributed by atoms with Crippen LogP contribution in [0.15, 0.2) is 46.1 Å². The Morgan fingerprint density at radius 3 is 2.24 bits per heavy atom. The number of aryl methyl sites for hydroxylation is 2. The molecule has 0 saturated carbocycles. The summed E-state index contributed by atoms with van der Waals surface area (Å²) in [5.74, 6) is -3.39. The smallest absolute Gasteiger partial charge is 0.370 e. The third kappa shape index (κ3) is 6.18. The van der Waals surface area contributed by atoms with Crippen LogP contribution in [-0.4, -0.2) is 54.8 Å². The van der Waals surface area contributed by atoms with Crippen LogP contribution in [0.2, 0.25) is 0 Å². The molecule has 0 aliphatic rings. The number of carbonyl (C=O) groups excluding carboxylic acids is 2. The van der Waals surface area contributed by atoms with Gasteiger partial charge in [-0.2, -0.15) is 4.57 Å². The summed E-state index contributed by atoms with van der Waals surface area (Å²) >= 11 is 0. The predicted molar refractivity (Wildman–Crippen MR) is 123 cm³/mol. The summed E-state index contributed by atoms with van der Waals surface area (Å²) in [6.07, 6.45) is 1.78. The Bertz CT molecular complexity index is 1170. The average molecular weight is 496 g/mol. The van der Waals surface area contributed by atoms with Gasteiger partial charge in [-0.05, 0) is 31.4 Å². The number of rotatable bonds is 11. The van der Waals surface area contributed by atoms with Gasteiger partial charge >= 0.3 is 19.3 Å².